The van der Waals surface area contributed by atoms with E-state index in [2.05, 4.69) is 15.0 Å². The minimum Gasteiger partial charge on any atom is -0.368 e. The minimum absolute atomic E-state index is 0.0296. The van der Waals surface area contributed by atoms with E-state index >= 15 is 0 Å². The van der Waals surface area contributed by atoms with Crippen LogP contribution in [0.3, 0.4) is 0 Å². The lowest BCUT2D eigenvalue weighted by Crippen LogP contribution is -2.17. The lowest BCUT2D eigenvalue weighted by molar-refractivity contribution is 0.593. The molecule has 0 saturated heterocycles. The Bertz CT molecular complexity index is 764. The first-order chi connectivity index (χ1) is 9.79. The van der Waals surface area contributed by atoms with Gasteiger partial charge in [-0.3, -0.25) is 0 Å². The zero-order chi connectivity index (χ0) is 15.6. The number of nitrogens with zero attached hydrogens (tertiary/aromatic N) is 4. The molecule has 0 atom stereocenters. The van der Waals surface area contributed by atoms with E-state index in [1.54, 1.807) is 31.1 Å². The monoisotopic (exact) mass is 327 g/mol. The number of halogens is 1. The number of aromatic nitrogens is 3. The SMILES string of the molecule is CN(C)c1nc(N)nc(CS(=O)(=O)c2ccccc2Cl)n1. The normalized spacial score (nSPS) is 11.4. The van der Waals surface area contributed by atoms with Gasteiger partial charge in [0.2, 0.25) is 11.9 Å². The van der Waals surface area contributed by atoms with Crippen LogP contribution in [0.1, 0.15) is 5.82 Å². The highest BCUT2D eigenvalue weighted by molar-refractivity contribution is 7.90. The maximum Gasteiger partial charge on any atom is 0.229 e. The second kappa shape index (κ2) is 5.82. The van der Waals surface area contributed by atoms with Crippen LogP contribution in [0.5, 0.6) is 0 Å². The summed E-state index contributed by atoms with van der Waals surface area (Å²) in [7, 11) is -0.215. The van der Waals surface area contributed by atoms with Gasteiger partial charge in [-0.2, -0.15) is 15.0 Å². The van der Waals surface area contributed by atoms with E-state index < -0.39 is 15.6 Å². The highest BCUT2D eigenvalue weighted by atomic mass is 35.5. The summed E-state index contributed by atoms with van der Waals surface area (Å²) >= 11 is 5.92. The van der Waals surface area contributed by atoms with Crippen molar-refractivity contribution in [2.45, 2.75) is 10.6 Å². The molecule has 7 nitrogen and oxygen atoms in total. The van der Waals surface area contributed by atoms with E-state index in [0.717, 1.165) is 0 Å². The number of nitrogen functional groups attached to an aromatic ring is 1. The van der Waals surface area contributed by atoms with Crippen molar-refractivity contribution in [1.29, 1.82) is 0 Å². The maximum absolute atomic E-state index is 12.4. The molecule has 2 rings (SSSR count). The van der Waals surface area contributed by atoms with Crippen LogP contribution in [-0.4, -0.2) is 37.5 Å². The van der Waals surface area contributed by atoms with E-state index in [4.69, 9.17) is 17.3 Å². The first kappa shape index (κ1) is 15.5. The molecule has 0 amide bonds. The van der Waals surface area contributed by atoms with Crippen LogP contribution in [0, 0.1) is 0 Å². The highest BCUT2D eigenvalue weighted by Gasteiger charge is 2.21. The van der Waals surface area contributed by atoms with Gasteiger partial charge in [0.15, 0.2) is 15.7 Å². The summed E-state index contributed by atoms with van der Waals surface area (Å²) in [4.78, 5) is 13.5. The van der Waals surface area contributed by atoms with Gasteiger partial charge < -0.3 is 10.6 Å². The van der Waals surface area contributed by atoms with Crippen molar-refractivity contribution in [3.05, 3.63) is 35.1 Å². The molecule has 112 valence electrons. The smallest absolute Gasteiger partial charge is 0.229 e. The van der Waals surface area contributed by atoms with Gasteiger partial charge in [0, 0.05) is 14.1 Å². The molecule has 0 aliphatic rings. The quantitative estimate of drug-likeness (QED) is 0.898. The van der Waals surface area contributed by atoms with Gasteiger partial charge in [-0.25, -0.2) is 8.42 Å². The average molecular weight is 328 g/mol. The maximum atomic E-state index is 12.4. The molecule has 2 N–H and O–H groups in total. The van der Waals surface area contributed by atoms with Crippen LogP contribution in [-0.2, 0) is 15.6 Å². The fourth-order valence-corrected chi connectivity index (χ4v) is 3.40. The van der Waals surface area contributed by atoms with E-state index in [0.29, 0.717) is 5.95 Å². The Hall–Kier alpha value is -1.93. The molecule has 1 heterocycles. The molecule has 0 spiro atoms. The van der Waals surface area contributed by atoms with E-state index in [-0.39, 0.29) is 21.7 Å². The number of rotatable bonds is 4. The van der Waals surface area contributed by atoms with Crippen molar-refractivity contribution < 1.29 is 8.42 Å². The third kappa shape index (κ3) is 3.59. The van der Waals surface area contributed by atoms with E-state index in [9.17, 15) is 8.42 Å². The van der Waals surface area contributed by atoms with Crippen molar-refractivity contribution in [3.63, 3.8) is 0 Å². The van der Waals surface area contributed by atoms with Crippen molar-refractivity contribution in [2.75, 3.05) is 24.7 Å². The van der Waals surface area contributed by atoms with Crippen LogP contribution in [0.15, 0.2) is 29.2 Å². The van der Waals surface area contributed by atoms with Crippen molar-refractivity contribution in [2.24, 2.45) is 0 Å². The molecule has 0 fully saturated rings. The standard InChI is InChI=1S/C12H14ClN5O2S/c1-18(2)12-16-10(15-11(14)17-12)7-21(19,20)9-6-4-3-5-8(9)13/h3-6H,7H2,1-2H3,(H2,14,15,16,17). The fraction of sp³-hybridized carbons (Fsp3) is 0.250. The minimum atomic E-state index is -3.66. The number of hydrogen-bond acceptors (Lipinski definition) is 7. The summed E-state index contributed by atoms with van der Waals surface area (Å²) < 4.78 is 24.8. The van der Waals surface area contributed by atoms with Gasteiger partial charge in [0.05, 0.1) is 9.92 Å². The van der Waals surface area contributed by atoms with Crippen molar-refractivity contribution in [3.8, 4) is 0 Å². The van der Waals surface area contributed by atoms with Gasteiger partial charge in [-0.15, -0.1) is 0 Å². The van der Waals surface area contributed by atoms with Gasteiger partial charge in [-0.05, 0) is 12.1 Å². The number of nitrogens with two attached hydrogens (primary N) is 1. The fourth-order valence-electron chi connectivity index (χ4n) is 1.63. The van der Waals surface area contributed by atoms with Crippen molar-refractivity contribution in [1.82, 2.24) is 15.0 Å². The number of hydrogen-bond donors (Lipinski definition) is 1. The van der Waals surface area contributed by atoms with E-state index in [1.165, 1.54) is 12.1 Å². The summed E-state index contributed by atoms with van der Waals surface area (Å²) in [5.74, 6) is -0.0550. The summed E-state index contributed by atoms with van der Waals surface area (Å²) in [5.41, 5.74) is 5.57. The number of benzene rings is 1. The zero-order valence-electron chi connectivity index (χ0n) is 11.5. The lowest BCUT2D eigenvalue weighted by atomic mass is 10.4. The summed E-state index contributed by atoms with van der Waals surface area (Å²) in [6.45, 7) is 0. The second-order valence-electron chi connectivity index (χ2n) is 4.49. The Kier molecular flexibility index (Phi) is 4.29. The largest absolute Gasteiger partial charge is 0.368 e. The molecule has 9 heteroatoms. The Morgan fingerprint density at radius 3 is 2.48 bits per heavy atom. The van der Waals surface area contributed by atoms with Crippen molar-refractivity contribution >= 4 is 33.3 Å². The molecule has 0 saturated carbocycles. The van der Waals surface area contributed by atoms with Crippen LogP contribution < -0.4 is 10.6 Å². The average Bonchev–Trinajstić information content (AvgIpc) is 2.37. The van der Waals surface area contributed by atoms with Crippen LogP contribution in [0.4, 0.5) is 11.9 Å². The highest BCUT2D eigenvalue weighted by Crippen LogP contribution is 2.23. The molecule has 0 aliphatic heterocycles. The lowest BCUT2D eigenvalue weighted by Gasteiger charge is -2.11. The van der Waals surface area contributed by atoms with Gasteiger partial charge in [0.1, 0.15) is 5.75 Å². The Labute approximate surface area is 127 Å². The summed E-state index contributed by atoms with van der Waals surface area (Å²) in [6, 6.07) is 6.22. The topological polar surface area (TPSA) is 102 Å². The van der Waals surface area contributed by atoms with Gasteiger partial charge in [-0.1, -0.05) is 23.7 Å². The van der Waals surface area contributed by atoms with E-state index in [1.807, 2.05) is 0 Å². The second-order valence-corrected chi connectivity index (χ2v) is 6.86. The van der Waals surface area contributed by atoms with Gasteiger partial charge >= 0.3 is 0 Å². The molecule has 0 bridgehead atoms. The predicted molar refractivity (Wildman–Crippen MR) is 80.9 cm³/mol. The number of sulfone groups is 1. The molecule has 1 aromatic carbocycles. The van der Waals surface area contributed by atoms with Crippen LogP contribution >= 0.6 is 11.6 Å². The first-order valence-electron chi connectivity index (χ1n) is 5.94. The molecule has 0 aliphatic carbocycles. The predicted octanol–water partition coefficient (Wildman–Crippen LogP) is 1.15. The molecule has 1 aromatic heterocycles. The first-order valence-corrected chi connectivity index (χ1v) is 7.97. The molecular formula is C12H14ClN5O2S. The Morgan fingerprint density at radius 2 is 1.86 bits per heavy atom. The van der Waals surface area contributed by atoms with Crippen LogP contribution in [0.2, 0.25) is 5.02 Å². The number of anilines is 2. The Balaban J connectivity index is 2.40. The molecule has 0 radical (unpaired) electrons. The molecule has 2 aromatic rings. The third-order valence-electron chi connectivity index (χ3n) is 2.58. The molecule has 21 heavy (non-hydrogen) atoms. The summed E-state index contributed by atoms with van der Waals surface area (Å²) in [5, 5.41) is 0.160. The third-order valence-corrected chi connectivity index (χ3v) is 4.68. The molecular weight excluding hydrogens is 314 g/mol. The van der Waals surface area contributed by atoms with Crippen LogP contribution in [0.25, 0.3) is 0 Å². The zero-order valence-corrected chi connectivity index (χ0v) is 13.1. The molecule has 0 unspecified atom stereocenters. The Morgan fingerprint density at radius 1 is 1.19 bits per heavy atom. The van der Waals surface area contributed by atoms with Gasteiger partial charge in [0.25, 0.3) is 0 Å². The summed E-state index contributed by atoms with van der Waals surface area (Å²) in [6.07, 6.45) is 0.